The van der Waals surface area contributed by atoms with E-state index in [-0.39, 0.29) is 20.1 Å². The van der Waals surface area contributed by atoms with E-state index in [0.717, 1.165) is 56.0 Å². The van der Waals surface area contributed by atoms with Crippen LogP contribution in [0.15, 0.2) is 158 Å². The van der Waals surface area contributed by atoms with Gasteiger partial charge in [0.1, 0.15) is 0 Å². The van der Waals surface area contributed by atoms with Crippen molar-refractivity contribution >= 4 is 53.4 Å². The Kier molecular flexibility index (Phi) is 9.51. The third-order valence-corrected chi connectivity index (χ3v) is 10.6. The third-order valence-electron chi connectivity index (χ3n) is 9.44. The van der Waals surface area contributed by atoms with Gasteiger partial charge in [0.2, 0.25) is 0 Å². The molecule has 0 aliphatic heterocycles. The predicted molar refractivity (Wildman–Crippen MR) is 217 cm³/mol. The van der Waals surface area contributed by atoms with Gasteiger partial charge in [-0.05, 0) is 58.1 Å². The molecule has 10 rings (SSSR count). The summed E-state index contributed by atoms with van der Waals surface area (Å²) in [5.41, 5.74) is 10.5. The number of rotatable bonds is 4. The van der Waals surface area contributed by atoms with Crippen LogP contribution in [0.2, 0.25) is 0 Å². The molecule has 0 aliphatic rings. The van der Waals surface area contributed by atoms with Crippen LogP contribution in [0.25, 0.3) is 81.6 Å². The van der Waals surface area contributed by atoms with Crippen LogP contribution in [-0.4, -0.2) is 19.5 Å². The van der Waals surface area contributed by atoms with Gasteiger partial charge in [0, 0.05) is 53.2 Å². The molecule has 0 N–H and O–H groups in total. The fourth-order valence-corrected chi connectivity index (χ4v) is 8.29. The number of imidazole rings is 1. The number of aryl methyl sites for hydroxylation is 2. The standard InChI is InChI=1S/C36H24N3S.C11H8N.Ir/c1-22-17-19-30(34-32(22)29-20-18-25(21-31(29)40-34)24-11-5-3-6-12-24)36-38-35-33(39(36)26-13-7-4-8-14-26)28-16-10-9-15-27(28)23(2)37-35;1-2-6-10(7-3-1)11-8-4-5-9-12-11;/h3-18,20-21H,1-2H3;1-6,8-9H;/q2*-1;. The van der Waals surface area contributed by atoms with Crippen LogP contribution < -0.4 is 0 Å². The molecule has 10 aromatic rings. The van der Waals surface area contributed by atoms with Crippen LogP contribution in [0.3, 0.4) is 0 Å². The van der Waals surface area contributed by atoms with Gasteiger partial charge in [-0.2, -0.15) is 11.3 Å². The van der Waals surface area contributed by atoms with Crippen molar-refractivity contribution in [2.24, 2.45) is 0 Å². The molecule has 257 valence electrons. The zero-order valence-electron chi connectivity index (χ0n) is 29.0. The van der Waals surface area contributed by atoms with Crippen LogP contribution in [0.1, 0.15) is 11.3 Å². The van der Waals surface area contributed by atoms with Crippen molar-refractivity contribution in [1.29, 1.82) is 0 Å². The summed E-state index contributed by atoms with van der Waals surface area (Å²) in [6.07, 6.45) is 1.79. The molecule has 4 heterocycles. The second-order valence-corrected chi connectivity index (χ2v) is 13.8. The zero-order valence-corrected chi connectivity index (χ0v) is 32.3. The molecule has 4 nitrogen and oxygen atoms in total. The minimum atomic E-state index is 0. The zero-order chi connectivity index (χ0) is 35.0. The summed E-state index contributed by atoms with van der Waals surface area (Å²) in [4.78, 5) is 14.4. The first-order valence-corrected chi connectivity index (χ1v) is 18.1. The van der Waals surface area contributed by atoms with Crippen molar-refractivity contribution in [2.75, 3.05) is 0 Å². The molecule has 0 saturated carbocycles. The van der Waals surface area contributed by atoms with Gasteiger partial charge in [0.05, 0.1) is 11.3 Å². The average Bonchev–Trinajstić information content (AvgIpc) is 3.79. The molecular formula is C47H32IrN4S-2. The molecule has 0 aliphatic carbocycles. The summed E-state index contributed by atoms with van der Waals surface area (Å²) in [6.45, 7) is 4.24. The summed E-state index contributed by atoms with van der Waals surface area (Å²) in [5, 5.41) is 4.84. The van der Waals surface area contributed by atoms with Crippen LogP contribution in [0, 0.1) is 26.0 Å². The van der Waals surface area contributed by atoms with Crippen molar-refractivity contribution in [3.63, 3.8) is 0 Å². The molecule has 1 radical (unpaired) electrons. The van der Waals surface area contributed by atoms with Crippen molar-refractivity contribution < 1.29 is 20.1 Å². The maximum atomic E-state index is 5.21. The van der Waals surface area contributed by atoms with E-state index < -0.39 is 0 Å². The smallest absolute Gasteiger partial charge is 0.169 e. The second kappa shape index (κ2) is 14.7. The van der Waals surface area contributed by atoms with Crippen molar-refractivity contribution in [3.05, 3.63) is 181 Å². The molecule has 6 aromatic carbocycles. The molecule has 0 fully saturated rings. The van der Waals surface area contributed by atoms with E-state index >= 15 is 0 Å². The van der Waals surface area contributed by atoms with E-state index in [4.69, 9.17) is 9.97 Å². The Bertz CT molecular complexity index is 2810. The first kappa shape index (κ1) is 34.3. The van der Waals surface area contributed by atoms with Crippen molar-refractivity contribution in [1.82, 2.24) is 19.5 Å². The number of thiophene rings is 1. The number of hydrogen-bond donors (Lipinski definition) is 0. The molecule has 0 atom stereocenters. The molecule has 0 unspecified atom stereocenters. The number of aromatic nitrogens is 4. The van der Waals surface area contributed by atoms with Crippen LogP contribution >= 0.6 is 11.3 Å². The molecule has 0 bridgehead atoms. The summed E-state index contributed by atoms with van der Waals surface area (Å²) < 4.78 is 4.74. The molecule has 6 heteroatoms. The SMILES string of the molecule is Cc1nc2nc(-c3[c-]cc(C)c4c3sc3cc(-c5ccccc5)ccc34)n(-c3ccccc3)c2c2ccccc12.[Ir].[c-]1ccccc1-c1ccccn1. The van der Waals surface area contributed by atoms with Gasteiger partial charge >= 0.3 is 0 Å². The Morgan fingerprint density at radius 2 is 1.38 bits per heavy atom. The van der Waals surface area contributed by atoms with Gasteiger partial charge in [0.25, 0.3) is 0 Å². The minimum absolute atomic E-state index is 0. The Hall–Kier alpha value is -5.78. The molecule has 0 spiro atoms. The van der Waals surface area contributed by atoms with Crippen LogP contribution in [0.4, 0.5) is 0 Å². The maximum absolute atomic E-state index is 5.21. The number of para-hydroxylation sites is 1. The van der Waals surface area contributed by atoms with Crippen LogP contribution in [-0.2, 0) is 20.1 Å². The predicted octanol–water partition coefficient (Wildman–Crippen LogP) is 12.2. The fourth-order valence-electron chi connectivity index (χ4n) is 6.98. The Labute approximate surface area is 325 Å². The number of benzene rings is 6. The summed E-state index contributed by atoms with van der Waals surface area (Å²) in [5.74, 6) is 0.865. The first-order valence-electron chi connectivity index (χ1n) is 17.3. The Morgan fingerprint density at radius 3 is 2.13 bits per heavy atom. The molecule has 0 saturated heterocycles. The number of hydrogen-bond acceptors (Lipinski definition) is 4. The van der Waals surface area contributed by atoms with Gasteiger partial charge in [-0.1, -0.05) is 115 Å². The van der Waals surface area contributed by atoms with Gasteiger partial charge in [-0.25, -0.2) is 4.98 Å². The Morgan fingerprint density at radius 1 is 0.642 bits per heavy atom. The monoisotopic (exact) mass is 877 g/mol. The molecule has 4 aromatic heterocycles. The number of nitrogens with zero attached hydrogens (tertiary/aromatic N) is 4. The normalized spacial score (nSPS) is 11.1. The van der Waals surface area contributed by atoms with Crippen molar-refractivity contribution in [3.8, 4) is 39.5 Å². The largest absolute Gasteiger partial charge is 0.331 e. The molecule has 53 heavy (non-hydrogen) atoms. The first-order chi connectivity index (χ1) is 25.6. The second-order valence-electron chi connectivity index (χ2n) is 12.7. The van der Waals surface area contributed by atoms with E-state index in [9.17, 15) is 0 Å². The van der Waals surface area contributed by atoms with E-state index in [2.05, 4.69) is 145 Å². The topological polar surface area (TPSA) is 43.6 Å². The summed E-state index contributed by atoms with van der Waals surface area (Å²) >= 11 is 1.82. The third kappa shape index (κ3) is 6.36. The number of fused-ring (bicyclic) bond motifs is 6. The van der Waals surface area contributed by atoms with Gasteiger partial charge in [0.15, 0.2) is 5.65 Å². The van der Waals surface area contributed by atoms with E-state index in [1.807, 2.05) is 53.8 Å². The van der Waals surface area contributed by atoms with Gasteiger partial charge < -0.3 is 9.55 Å². The van der Waals surface area contributed by atoms with E-state index in [1.165, 1.54) is 36.9 Å². The maximum Gasteiger partial charge on any atom is 0.169 e. The fraction of sp³-hybridized carbons (Fsp3) is 0.0426. The van der Waals surface area contributed by atoms with E-state index in [1.54, 1.807) is 6.20 Å². The average molecular weight is 877 g/mol. The quantitative estimate of drug-likeness (QED) is 0.165. The van der Waals surface area contributed by atoms with Crippen molar-refractivity contribution in [2.45, 2.75) is 13.8 Å². The Balaban J connectivity index is 0.000000262. The van der Waals surface area contributed by atoms with E-state index in [0.29, 0.717) is 0 Å². The summed E-state index contributed by atoms with van der Waals surface area (Å²) in [6, 6.07) is 58.9. The minimum Gasteiger partial charge on any atom is -0.331 e. The molecular weight excluding hydrogens is 845 g/mol. The number of pyridine rings is 2. The molecule has 0 amide bonds. The van der Waals surface area contributed by atoms with Crippen LogP contribution in [0.5, 0.6) is 0 Å². The van der Waals surface area contributed by atoms with Gasteiger partial charge in [-0.3, -0.25) is 4.98 Å². The van der Waals surface area contributed by atoms with Gasteiger partial charge in [-0.15, -0.1) is 53.6 Å². The summed E-state index contributed by atoms with van der Waals surface area (Å²) in [7, 11) is 0.